The number of hydrogen-bond donors (Lipinski definition) is 0. The van der Waals surface area contributed by atoms with Gasteiger partial charge >= 0.3 is 0 Å². The lowest BCUT2D eigenvalue weighted by atomic mass is 9.76. The van der Waals surface area contributed by atoms with Gasteiger partial charge in [-0.25, -0.2) is 0 Å². The van der Waals surface area contributed by atoms with Crippen LogP contribution in [0, 0.1) is 18.8 Å². The van der Waals surface area contributed by atoms with Crippen LogP contribution in [0.15, 0.2) is 40.9 Å². The molecule has 0 radical (unpaired) electrons. The lowest BCUT2D eigenvalue weighted by molar-refractivity contribution is -0.143. The van der Waals surface area contributed by atoms with Gasteiger partial charge < -0.3 is 23.8 Å². The van der Waals surface area contributed by atoms with Crippen molar-refractivity contribution in [2.24, 2.45) is 11.8 Å². The molecule has 0 N–H and O–H groups in total. The summed E-state index contributed by atoms with van der Waals surface area (Å²) in [4.78, 5) is 34.2. The molecule has 9 heteroatoms. The van der Waals surface area contributed by atoms with Gasteiger partial charge in [-0.2, -0.15) is 4.98 Å². The molecule has 1 spiro atoms. The van der Waals surface area contributed by atoms with Gasteiger partial charge in [0.05, 0.1) is 38.1 Å². The van der Waals surface area contributed by atoms with E-state index < -0.39 is 23.5 Å². The standard InChI is InChI=1S/C22H24N4O5/c1-13-23-17(31-24-13)11-25(2)20(27)18-16-7-8-22(30-16)12-26(21(28)19(18)22)10-14-5-4-6-15(9-14)29-3/h4-9,16,18-19H,10-12H2,1-3H3/t16-,18+,19+,22-/m0/s1. The number of nitrogens with zero attached hydrogens (tertiary/aromatic N) is 4. The molecule has 2 aromatic rings. The Hall–Kier alpha value is -3.20. The Morgan fingerprint density at radius 3 is 3.00 bits per heavy atom. The molecule has 1 aromatic carbocycles. The third-order valence-electron chi connectivity index (χ3n) is 6.29. The van der Waals surface area contributed by atoms with E-state index in [1.165, 1.54) is 4.90 Å². The van der Waals surface area contributed by atoms with Gasteiger partial charge in [-0.05, 0) is 24.6 Å². The molecule has 4 heterocycles. The summed E-state index contributed by atoms with van der Waals surface area (Å²) in [6.07, 6.45) is 3.47. The number of methoxy groups -OCH3 is 1. The lowest BCUT2D eigenvalue weighted by Gasteiger charge is -2.27. The van der Waals surface area contributed by atoms with Crippen LogP contribution in [-0.4, -0.2) is 64.2 Å². The number of amides is 2. The van der Waals surface area contributed by atoms with Crippen molar-refractivity contribution in [3.63, 3.8) is 0 Å². The van der Waals surface area contributed by atoms with E-state index in [0.717, 1.165) is 11.3 Å². The van der Waals surface area contributed by atoms with Crippen LogP contribution in [0.5, 0.6) is 5.75 Å². The van der Waals surface area contributed by atoms with E-state index in [1.807, 2.05) is 36.4 Å². The minimum atomic E-state index is -0.747. The van der Waals surface area contributed by atoms with Gasteiger partial charge in [0.1, 0.15) is 11.4 Å². The molecule has 9 nitrogen and oxygen atoms in total. The van der Waals surface area contributed by atoms with E-state index in [2.05, 4.69) is 10.1 Å². The van der Waals surface area contributed by atoms with Gasteiger partial charge in [-0.1, -0.05) is 29.4 Å². The second kappa shape index (κ2) is 7.19. The maximum Gasteiger partial charge on any atom is 0.246 e. The van der Waals surface area contributed by atoms with Crippen LogP contribution in [0.4, 0.5) is 0 Å². The first-order valence-electron chi connectivity index (χ1n) is 10.2. The maximum atomic E-state index is 13.4. The molecule has 5 rings (SSSR count). The van der Waals surface area contributed by atoms with E-state index in [0.29, 0.717) is 24.8 Å². The lowest BCUT2D eigenvalue weighted by Crippen LogP contribution is -2.44. The highest BCUT2D eigenvalue weighted by atomic mass is 16.5. The summed E-state index contributed by atoms with van der Waals surface area (Å²) in [6, 6.07) is 7.64. The van der Waals surface area contributed by atoms with Crippen molar-refractivity contribution in [2.75, 3.05) is 20.7 Å². The Morgan fingerprint density at radius 2 is 2.26 bits per heavy atom. The number of fused-ring (bicyclic) bond motifs is 1. The van der Waals surface area contributed by atoms with Crippen LogP contribution in [0.3, 0.4) is 0 Å². The topological polar surface area (TPSA) is 98.0 Å². The summed E-state index contributed by atoms with van der Waals surface area (Å²) in [5.74, 6) is 0.295. The number of aromatic nitrogens is 2. The van der Waals surface area contributed by atoms with Crippen LogP contribution < -0.4 is 4.74 Å². The van der Waals surface area contributed by atoms with E-state index in [9.17, 15) is 9.59 Å². The molecule has 0 aliphatic carbocycles. The van der Waals surface area contributed by atoms with Crippen LogP contribution in [0.2, 0.25) is 0 Å². The van der Waals surface area contributed by atoms with Crippen molar-refractivity contribution in [1.29, 1.82) is 0 Å². The molecule has 2 fully saturated rings. The quantitative estimate of drug-likeness (QED) is 0.645. The van der Waals surface area contributed by atoms with Gasteiger partial charge in [0.15, 0.2) is 5.82 Å². The molecule has 2 bridgehead atoms. The number of carbonyl (C=O) groups excluding carboxylic acids is 2. The number of ether oxygens (including phenoxy) is 2. The SMILES string of the molecule is COc1cccc(CN2C[C@]34C=C[C@H](O3)[C@@H](C(=O)N(C)Cc3nc(C)no3)[C@@H]4C2=O)c1. The summed E-state index contributed by atoms with van der Waals surface area (Å²) in [5, 5.41) is 3.76. The van der Waals surface area contributed by atoms with Gasteiger partial charge in [-0.15, -0.1) is 0 Å². The first-order chi connectivity index (χ1) is 14.9. The molecule has 0 unspecified atom stereocenters. The molecular formula is C22H24N4O5. The average molecular weight is 424 g/mol. The third-order valence-corrected chi connectivity index (χ3v) is 6.29. The van der Waals surface area contributed by atoms with Crippen molar-refractivity contribution < 1.29 is 23.6 Å². The smallest absolute Gasteiger partial charge is 0.246 e. The monoisotopic (exact) mass is 424 g/mol. The number of benzene rings is 1. The zero-order valence-corrected chi connectivity index (χ0v) is 17.6. The van der Waals surface area contributed by atoms with Gasteiger partial charge in [0, 0.05) is 13.6 Å². The fourth-order valence-corrected chi connectivity index (χ4v) is 4.92. The number of hydrogen-bond acceptors (Lipinski definition) is 7. The van der Waals surface area contributed by atoms with E-state index in [-0.39, 0.29) is 18.4 Å². The summed E-state index contributed by atoms with van der Waals surface area (Å²) >= 11 is 0. The predicted octanol–water partition coefficient (Wildman–Crippen LogP) is 1.33. The normalized spacial score (nSPS) is 28.3. The minimum absolute atomic E-state index is 0.0601. The Kier molecular flexibility index (Phi) is 4.58. The Bertz CT molecular complexity index is 1070. The molecule has 2 saturated heterocycles. The molecule has 4 atom stereocenters. The second-order valence-electron chi connectivity index (χ2n) is 8.38. The predicted molar refractivity (Wildman–Crippen MR) is 108 cm³/mol. The molecule has 3 aliphatic rings. The van der Waals surface area contributed by atoms with Gasteiger partial charge in [0.2, 0.25) is 17.7 Å². The fourth-order valence-electron chi connectivity index (χ4n) is 4.92. The molecular weight excluding hydrogens is 400 g/mol. The molecule has 0 saturated carbocycles. The number of carbonyl (C=O) groups is 2. The zero-order valence-electron chi connectivity index (χ0n) is 17.6. The number of aryl methyl sites for hydroxylation is 1. The largest absolute Gasteiger partial charge is 0.497 e. The number of likely N-dealkylation sites (tertiary alicyclic amines) is 1. The average Bonchev–Trinajstić information content (AvgIpc) is 3.50. The van der Waals surface area contributed by atoms with Crippen molar-refractivity contribution in [1.82, 2.24) is 19.9 Å². The maximum absolute atomic E-state index is 13.4. The first-order valence-corrected chi connectivity index (χ1v) is 10.2. The molecule has 3 aliphatic heterocycles. The Morgan fingerprint density at radius 1 is 1.42 bits per heavy atom. The highest BCUT2D eigenvalue weighted by Gasteiger charge is 2.67. The second-order valence-corrected chi connectivity index (χ2v) is 8.38. The van der Waals surface area contributed by atoms with Crippen LogP contribution in [0.25, 0.3) is 0 Å². The summed E-state index contributed by atoms with van der Waals surface area (Å²) in [6.45, 7) is 2.78. The van der Waals surface area contributed by atoms with Crippen LogP contribution in [0.1, 0.15) is 17.3 Å². The van der Waals surface area contributed by atoms with Crippen LogP contribution in [-0.2, 0) is 27.4 Å². The third kappa shape index (κ3) is 3.20. The van der Waals surface area contributed by atoms with Crippen molar-refractivity contribution in [3.05, 3.63) is 53.7 Å². The number of rotatable bonds is 6. The summed E-state index contributed by atoms with van der Waals surface area (Å²) in [7, 11) is 3.29. The highest BCUT2D eigenvalue weighted by Crippen LogP contribution is 2.52. The van der Waals surface area contributed by atoms with E-state index in [4.69, 9.17) is 14.0 Å². The van der Waals surface area contributed by atoms with Crippen molar-refractivity contribution >= 4 is 11.8 Å². The highest BCUT2D eigenvalue weighted by molar-refractivity contribution is 5.93. The fraction of sp³-hybridized carbons (Fsp3) is 0.455. The molecule has 2 amide bonds. The Labute approximate surface area is 179 Å². The summed E-state index contributed by atoms with van der Waals surface area (Å²) in [5.41, 5.74) is 0.220. The van der Waals surface area contributed by atoms with Crippen molar-refractivity contribution in [3.8, 4) is 5.75 Å². The van der Waals surface area contributed by atoms with Gasteiger partial charge in [-0.3, -0.25) is 9.59 Å². The summed E-state index contributed by atoms with van der Waals surface area (Å²) < 4.78 is 16.6. The zero-order chi connectivity index (χ0) is 21.8. The molecule has 162 valence electrons. The molecule has 1 aromatic heterocycles. The van der Waals surface area contributed by atoms with Gasteiger partial charge in [0.25, 0.3) is 0 Å². The van der Waals surface area contributed by atoms with E-state index in [1.54, 1.807) is 26.0 Å². The van der Waals surface area contributed by atoms with Crippen LogP contribution >= 0.6 is 0 Å². The minimum Gasteiger partial charge on any atom is -0.497 e. The first kappa shape index (κ1) is 19.7. The molecule has 31 heavy (non-hydrogen) atoms. The Balaban J connectivity index is 1.35. The van der Waals surface area contributed by atoms with E-state index >= 15 is 0 Å². The van der Waals surface area contributed by atoms with Crippen molar-refractivity contribution in [2.45, 2.75) is 31.7 Å².